The van der Waals surface area contributed by atoms with Gasteiger partial charge in [0, 0.05) is 61.2 Å². The molecule has 3 aromatic rings. The molecule has 0 unspecified atom stereocenters. The summed E-state index contributed by atoms with van der Waals surface area (Å²) in [7, 11) is 0. The molecule has 0 spiro atoms. The second-order valence-corrected chi connectivity index (χ2v) is 11.1. The van der Waals surface area contributed by atoms with Crippen molar-refractivity contribution in [2.75, 3.05) is 6.54 Å². The number of aryl methyl sites for hydroxylation is 1. The van der Waals surface area contributed by atoms with Gasteiger partial charge in [-0.1, -0.05) is 18.2 Å². The molecule has 1 aliphatic heterocycles. The van der Waals surface area contributed by atoms with Crippen LogP contribution in [0.2, 0.25) is 0 Å². The third-order valence-electron chi connectivity index (χ3n) is 8.38. The molecule has 2 aromatic carbocycles. The molecular formula is C29H33F2N3O2. The number of hydrogen-bond donors (Lipinski definition) is 3. The molecule has 7 heteroatoms. The average Bonchev–Trinajstić information content (AvgIpc) is 3.55. The van der Waals surface area contributed by atoms with E-state index in [0.29, 0.717) is 5.92 Å². The highest BCUT2D eigenvalue weighted by Gasteiger charge is 2.46. The first-order valence-electron chi connectivity index (χ1n) is 13.1. The van der Waals surface area contributed by atoms with Gasteiger partial charge in [-0.15, -0.1) is 0 Å². The van der Waals surface area contributed by atoms with Crippen LogP contribution in [0, 0.1) is 6.92 Å². The number of fused-ring (bicyclic) bond motifs is 1. The van der Waals surface area contributed by atoms with Gasteiger partial charge in [0.2, 0.25) is 0 Å². The van der Waals surface area contributed by atoms with E-state index >= 15 is 0 Å². The van der Waals surface area contributed by atoms with Crippen LogP contribution in [0.5, 0.6) is 0 Å². The molecule has 1 aromatic heterocycles. The lowest BCUT2D eigenvalue weighted by Gasteiger charge is -2.44. The van der Waals surface area contributed by atoms with Gasteiger partial charge in [0.05, 0.1) is 5.56 Å². The number of aromatic amines is 1. The SMILES string of the molecule is Cc1cc(C2CC2)c(CN2CC[C@H](NC3CC(F)(F)C3)C[C@H]2c2ccc(C(=O)O)cc2)c2cc[nH]c12. The number of carboxylic acids is 1. The molecule has 3 fully saturated rings. The van der Waals surface area contributed by atoms with Crippen molar-refractivity contribution in [3.05, 3.63) is 70.4 Å². The molecule has 2 heterocycles. The number of nitrogens with one attached hydrogen (secondary N) is 2. The van der Waals surface area contributed by atoms with Crippen molar-refractivity contribution in [3.8, 4) is 0 Å². The number of nitrogens with zero attached hydrogens (tertiary/aromatic N) is 1. The second-order valence-electron chi connectivity index (χ2n) is 11.1. The van der Waals surface area contributed by atoms with Crippen LogP contribution in [0.25, 0.3) is 10.9 Å². The molecule has 0 radical (unpaired) electrons. The van der Waals surface area contributed by atoms with E-state index in [0.717, 1.165) is 31.5 Å². The van der Waals surface area contributed by atoms with Crippen molar-refractivity contribution in [2.45, 2.75) is 82.0 Å². The Morgan fingerprint density at radius 2 is 1.89 bits per heavy atom. The molecule has 1 saturated heterocycles. The van der Waals surface area contributed by atoms with Gasteiger partial charge in [-0.05, 0) is 79.0 Å². The predicted molar refractivity (Wildman–Crippen MR) is 136 cm³/mol. The number of carbonyl (C=O) groups is 1. The molecule has 5 nitrogen and oxygen atoms in total. The van der Waals surface area contributed by atoms with Crippen molar-refractivity contribution < 1.29 is 18.7 Å². The molecule has 190 valence electrons. The quantitative estimate of drug-likeness (QED) is 0.370. The summed E-state index contributed by atoms with van der Waals surface area (Å²) in [6, 6.07) is 11.9. The first-order chi connectivity index (χ1) is 17.3. The zero-order valence-corrected chi connectivity index (χ0v) is 20.6. The lowest BCUT2D eigenvalue weighted by Crippen LogP contribution is -2.54. The van der Waals surface area contributed by atoms with E-state index in [1.165, 1.54) is 40.4 Å². The van der Waals surface area contributed by atoms with Crippen molar-refractivity contribution in [1.82, 2.24) is 15.2 Å². The Hall–Kier alpha value is -2.77. The second kappa shape index (κ2) is 8.96. The maximum absolute atomic E-state index is 13.4. The Bertz CT molecular complexity index is 1270. The summed E-state index contributed by atoms with van der Waals surface area (Å²) in [6.45, 7) is 3.85. The molecule has 0 bridgehead atoms. The number of benzene rings is 2. The highest BCUT2D eigenvalue weighted by Crippen LogP contribution is 2.45. The van der Waals surface area contributed by atoms with Crippen LogP contribution in [0.3, 0.4) is 0 Å². The van der Waals surface area contributed by atoms with Crippen LogP contribution in [-0.2, 0) is 6.54 Å². The molecular weight excluding hydrogens is 460 g/mol. The number of alkyl halides is 2. The summed E-state index contributed by atoms with van der Waals surface area (Å²) in [5.74, 6) is -2.83. The number of hydrogen-bond acceptors (Lipinski definition) is 3. The van der Waals surface area contributed by atoms with Crippen molar-refractivity contribution in [3.63, 3.8) is 0 Å². The van der Waals surface area contributed by atoms with Gasteiger partial charge in [0.1, 0.15) is 0 Å². The summed E-state index contributed by atoms with van der Waals surface area (Å²) >= 11 is 0. The molecule has 36 heavy (non-hydrogen) atoms. The molecule has 2 saturated carbocycles. The predicted octanol–water partition coefficient (Wildman–Crippen LogP) is 6.14. The summed E-state index contributed by atoms with van der Waals surface area (Å²) in [5, 5.41) is 14.1. The van der Waals surface area contributed by atoms with Gasteiger partial charge in [0.25, 0.3) is 5.92 Å². The van der Waals surface area contributed by atoms with E-state index in [1.807, 2.05) is 18.3 Å². The standard InChI is InChI=1S/C29H33F2N3O2/c1-17-12-24(18-2-3-18)25(23-8-10-32-27(17)23)16-34-11-9-21(33-22-14-29(30,31)15-22)13-26(34)19-4-6-20(7-5-19)28(35)36/h4-8,10,12,18,21-22,26,32-33H,2-3,9,11,13-16H2,1H3,(H,35,36)/t21-,26-/m0/s1. The Kier molecular flexibility index (Phi) is 5.88. The fourth-order valence-corrected chi connectivity index (χ4v) is 6.30. The normalized spacial score (nSPS) is 24.6. The summed E-state index contributed by atoms with van der Waals surface area (Å²) in [4.78, 5) is 17.3. The number of likely N-dealkylation sites (tertiary alicyclic amines) is 1. The Morgan fingerprint density at radius 1 is 1.14 bits per heavy atom. The van der Waals surface area contributed by atoms with E-state index in [9.17, 15) is 18.7 Å². The fourth-order valence-electron chi connectivity index (χ4n) is 6.30. The van der Waals surface area contributed by atoms with Crippen molar-refractivity contribution in [1.29, 1.82) is 0 Å². The smallest absolute Gasteiger partial charge is 0.335 e. The minimum atomic E-state index is -2.53. The first-order valence-corrected chi connectivity index (χ1v) is 13.1. The first kappa shape index (κ1) is 23.6. The molecule has 3 aliphatic rings. The minimum Gasteiger partial charge on any atom is -0.478 e. The Morgan fingerprint density at radius 3 is 2.56 bits per heavy atom. The number of aromatic nitrogens is 1. The van der Waals surface area contributed by atoms with Gasteiger partial charge < -0.3 is 15.4 Å². The number of H-pyrrole nitrogens is 1. The summed E-state index contributed by atoms with van der Waals surface area (Å²) in [6.07, 6.45) is 6.06. The van der Waals surface area contributed by atoms with E-state index < -0.39 is 11.9 Å². The Labute approximate surface area is 209 Å². The third-order valence-corrected chi connectivity index (χ3v) is 8.38. The molecule has 0 amide bonds. The molecule has 6 rings (SSSR count). The summed E-state index contributed by atoms with van der Waals surface area (Å²) < 4.78 is 26.9. The molecule has 2 atom stereocenters. The third kappa shape index (κ3) is 4.55. The van der Waals surface area contributed by atoms with E-state index in [4.69, 9.17) is 0 Å². The van der Waals surface area contributed by atoms with Crippen LogP contribution >= 0.6 is 0 Å². The fraction of sp³-hybridized carbons (Fsp3) is 0.483. The molecule has 2 aliphatic carbocycles. The van der Waals surface area contributed by atoms with Crippen LogP contribution < -0.4 is 5.32 Å². The van der Waals surface area contributed by atoms with Gasteiger partial charge in [-0.25, -0.2) is 13.6 Å². The highest BCUT2D eigenvalue weighted by molar-refractivity contribution is 5.88. The largest absolute Gasteiger partial charge is 0.478 e. The number of halogens is 2. The van der Waals surface area contributed by atoms with Crippen LogP contribution in [0.1, 0.15) is 83.1 Å². The number of carboxylic acid groups (broad SMARTS) is 1. The number of aromatic carboxylic acids is 1. The lowest BCUT2D eigenvalue weighted by atomic mass is 9.85. The monoisotopic (exact) mass is 493 g/mol. The highest BCUT2D eigenvalue weighted by atomic mass is 19.3. The maximum atomic E-state index is 13.4. The zero-order valence-electron chi connectivity index (χ0n) is 20.6. The number of piperidine rings is 1. The minimum absolute atomic E-state index is 0.0786. The maximum Gasteiger partial charge on any atom is 0.335 e. The Balaban J connectivity index is 1.30. The van der Waals surface area contributed by atoms with Crippen molar-refractivity contribution >= 4 is 16.9 Å². The van der Waals surface area contributed by atoms with Gasteiger partial charge in [0.15, 0.2) is 0 Å². The number of rotatable bonds is 7. The van der Waals surface area contributed by atoms with Crippen LogP contribution in [0.15, 0.2) is 42.6 Å². The van der Waals surface area contributed by atoms with Gasteiger partial charge in [-0.3, -0.25) is 4.90 Å². The average molecular weight is 494 g/mol. The topological polar surface area (TPSA) is 68.4 Å². The molecule has 3 N–H and O–H groups in total. The van der Waals surface area contributed by atoms with E-state index in [2.05, 4.69) is 34.3 Å². The van der Waals surface area contributed by atoms with E-state index in [1.54, 1.807) is 12.1 Å². The van der Waals surface area contributed by atoms with Crippen LogP contribution in [-0.4, -0.2) is 45.5 Å². The van der Waals surface area contributed by atoms with Gasteiger partial charge >= 0.3 is 5.97 Å². The van der Waals surface area contributed by atoms with E-state index in [-0.39, 0.29) is 36.5 Å². The summed E-state index contributed by atoms with van der Waals surface area (Å²) in [5.41, 5.74) is 6.67. The van der Waals surface area contributed by atoms with Crippen LogP contribution in [0.4, 0.5) is 8.78 Å². The van der Waals surface area contributed by atoms with Crippen molar-refractivity contribution in [2.24, 2.45) is 0 Å². The lowest BCUT2D eigenvalue weighted by molar-refractivity contribution is -0.0965. The van der Waals surface area contributed by atoms with Gasteiger partial charge in [-0.2, -0.15) is 0 Å². The zero-order chi connectivity index (χ0) is 25.0.